The molecule has 0 radical (unpaired) electrons. The second kappa shape index (κ2) is 8.70. The number of nitrogens with zero attached hydrogens (tertiary/aromatic N) is 1. The Morgan fingerprint density at radius 2 is 1.63 bits per heavy atom. The van der Waals surface area contributed by atoms with Gasteiger partial charge in [-0.15, -0.1) is 0 Å². The van der Waals surface area contributed by atoms with Crippen molar-refractivity contribution in [3.63, 3.8) is 0 Å². The lowest BCUT2D eigenvalue weighted by molar-refractivity contribution is -0.147. The van der Waals surface area contributed by atoms with Crippen LogP contribution in [-0.2, 0) is 16.1 Å². The minimum Gasteiger partial charge on any atom is -0.481 e. The van der Waals surface area contributed by atoms with E-state index in [2.05, 4.69) is 34.5 Å². The highest BCUT2D eigenvalue weighted by Crippen LogP contribution is 2.34. The molecule has 1 aliphatic carbocycles. The largest absolute Gasteiger partial charge is 0.481 e. The quantitative estimate of drug-likeness (QED) is 0.781. The molecule has 1 aromatic rings. The van der Waals surface area contributed by atoms with E-state index in [1.807, 2.05) is 19.9 Å². The lowest BCUT2D eigenvalue weighted by Gasteiger charge is -2.35. The number of rotatable bonds is 5. The van der Waals surface area contributed by atoms with Gasteiger partial charge in [0, 0.05) is 25.7 Å². The van der Waals surface area contributed by atoms with Crippen molar-refractivity contribution in [1.29, 1.82) is 0 Å². The molecule has 2 aliphatic rings. The molecule has 27 heavy (non-hydrogen) atoms. The highest BCUT2D eigenvalue weighted by atomic mass is 16.4. The third-order valence-corrected chi connectivity index (χ3v) is 6.10. The van der Waals surface area contributed by atoms with Gasteiger partial charge in [-0.25, -0.2) is 0 Å². The van der Waals surface area contributed by atoms with Gasteiger partial charge in [-0.1, -0.05) is 41.5 Å². The normalized spacial score (nSPS) is 24.7. The molecule has 1 aliphatic heterocycles. The van der Waals surface area contributed by atoms with Gasteiger partial charge in [-0.3, -0.25) is 14.5 Å². The number of aliphatic carboxylic acids is 1. The van der Waals surface area contributed by atoms with E-state index in [1.54, 1.807) is 0 Å². The van der Waals surface area contributed by atoms with Crippen LogP contribution in [-0.4, -0.2) is 41.0 Å². The molecule has 0 bridgehead atoms. The molecule has 3 rings (SSSR count). The number of benzene rings is 1. The van der Waals surface area contributed by atoms with Crippen LogP contribution in [0.25, 0.3) is 0 Å². The first-order chi connectivity index (χ1) is 12.9. The first-order valence-electron chi connectivity index (χ1n) is 9.88. The maximum Gasteiger partial charge on any atom is 0.307 e. The van der Waals surface area contributed by atoms with Gasteiger partial charge < -0.3 is 10.4 Å². The Hall–Kier alpha value is -2.14. The van der Waals surface area contributed by atoms with Gasteiger partial charge >= 0.3 is 5.97 Å². The second-order valence-electron chi connectivity index (χ2n) is 8.06. The highest BCUT2D eigenvalue weighted by Gasteiger charge is 2.38. The molecule has 5 heteroatoms. The highest BCUT2D eigenvalue weighted by molar-refractivity contribution is 5.85. The Kier molecular flexibility index (Phi) is 6.32. The molecular weight excluding hydrogens is 340 g/mol. The molecule has 0 aromatic heterocycles. The number of hydrogen-bond donors (Lipinski definition) is 2. The van der Waals surface area contributed by atoms with E-state index in [0.29, 0.717) is 12.8 Å². The zero-order valence-electron chi connectivity index (χ0n) is 16.3. The van der Waals surface area contributed by atoms with Gasteiger partial charge in [0.05, 0.1) is 11.8 Å². The van der Waals surface area contributed by atoms with Crippen molar-refractivity contribution in [3.8, 4) is 0 Å². The van der Waals surface area contributed by atoms with Gasteiger partial charge in [0.1, 0.15) is 0 Å². The van der Waals surface area contributed by atoms with Crippen molar-refractivity contribution >= 4 is 11.9 Å². The monoisotopic (exact) mass is 370 g/mol. The maximum absolute atomic E-state index is 12.8. The molecule has 5 nitrogen and oxygen atoms in total. The van der Waals surface area contributed by atoms with Crippen molar-refractivity contribution in [2.75, 3.05) is 13.1 Å². The first-order valence-corrected chi connectivity index (χ1v) is 9.88. The van der Waals surface area contributed by atoms with Gasteiger partial charge in [0.25, 0.3) is 0 Å². The van der Waals surface area contributed by atoms with Crippen LogP contribution >= 0.6 is 0 Å². The van der Waals surface area contributed by atoms with Crippen LogP contribution < -0.4 is 5.32 Å². The van der Waals surface area contributed by atoms with Crippen molar-refractivity contribution in [1.82, 2.24) is 10.2 Å². The smallest absolute Gasteiger partial charge is 0.307 e. The van der Waals surface area contributed by atoms with Crippen molar-refractivity contribution in [3.05, 3.63) is 47.0 Å². The molecular formula is C22H30N2O3. The lowest BCUT2D eigenvalue weighted by atomic mass is 9.76. The molecule has 1 aromatic carbocycles. The summed E-state index contributed by atoms with van der Waals surface area (Å²) in [6, 6.07) is 10.6. The maximum atomic E-state index is 12.8. The van der Waals surface area contributed by atoms with Gasteiger partial charge in [-0.2, -0.15) is 0 Å². The Morgan fingerprint density at radius 3 is 2.22 bits per heavy atom. The summed E-state index contributed by atoms with van der Waals surface area (Å²) in [6.07, 6.45) is 2.87. The summed E-state index contributed by atoms with van der Waals surface area (Å²) in [5.74, 6) is -2.00. The van der Waals surface area contributed by atoms with Crippen molar-refractivity contribution in [2.45, 2.75) is 52.1 Å². The first kappa shape index (κ1) is 19.6. The number of carboxylic acid groups (broad SMARTS) is 1. The molecule has 0 unspecified atom stereocenters. The van der Waals surface area contributed by atoms with E-state index in [0.717, 1.165) is 43.6 Å². The topological polar surface area (TPSA) is 69.6 Å². The van der Waals surface area contributed by atoms with E-state index in [9.17, 15) is 14.7 Å². The number of carbonyl (C=O) groups is 2. The van der Waals surface area contributed by atoms with Gasteiger partial charge in [0.15, 0.2) is 0 Å². The van der Waals surface area contributed by atoms with Crippen LogP contribution in [0, 0.1) is 11.8 Å². The summed E-state index contributed by atoms with van der Waals surface area (Å²) in [5.41, 5.74) is 3.58. The molecule has 1 amide bonds. The molecule has 2 N–H and O–H groups in total. The van der Waals surface area contributed by atoms with Crippen molar-refractivity contribution < 1.29 is 14.7 Å². The SMILES string of the molecule is CC1=C(C)C[C@@H](C(=O)O)[C@@H](C(=O)NC2CCN(Cc3ccccc3)CC2)C1. The number of amides is 1. The molecule has 2 atom stereocenters. The molecule has 0 saturated carbocycles. The van der Waals surface area contributed by atoms with Crippen LogP contribution in [0.2, 0.25) is 0 Å². The standard InChI is InChI=1S/C22H30N2O3/c1-15-12-19(20(22(26)27)13-16(15)2)21(25)23-18-8-10-24(11-9-18)14-17-6-4-3-5-7-17/h3-7,18-20H,8-14H2,1-2H3,(H,23,25)(H,26,27)/t19-,20+/m0/s1. The van der Waals surface area contributed by atoms with Gasteiger partial charge in [0.2, 0.25) is 5.91 Å². The average Bonchev–Trinajstić information content (AvgIpc) is 2.66. The summed E-state index contributed by atoms with van der Waals surface area (Å²) in [4.78, 5) is 26.8. The third-order valence-electron chi connectivity index (χ3n) is 6.10. The second-order valence-corrected chi connectivity index (χ2v) is 8.06. The van der Waals surface area contributed by atoms with E-state index in [-0.39, 0.29) is 11.9 Å². The van der Waals surface area contributed by atoms with Crippen LogP contribution in [0.4, 0.5) is 0 Å². The third kappa shape index (κ3) is 4.98. The number of allylic oxidation sites excluding steroid dienone is 2. The molecule has 146 valence electrons. The Balaban J connectivity index is 1.52. The van der Waals surface area contributed by atoms with E-state index < -0.39 is 17.8 Å². The number of carbonyl (C=O) groups excluding carboxylic acids is 1. The Bertz CT molecular complexity index is 706. The predicted octanol–water partition coefficient (Wildman–Crippen LogP) is 3.21. The van der Waals surface area contributed by atoms with E-state index in [1.165, 1.54) is 5.56 Å². The molecule has 1 heterocycles. The lowest BCUT2D eigenvalue weighted by Crippen LogP contribution is -2.48. The minimum absolute atomic E-state index is 0.0873. The Morgan fingerprint density at radius 1 is 1.04 bits per heavy atom. The van der Waals surface area contributed by atoms with Crippen LogP contribution in [0.3, 0.4) is 0 Å². The molecule has 1 fully saturated rings. The molecule has 1 saturated heterocycles. The fourth-order valence-electron chi connectivity index (χ4n) is 4.21. The van der Waals surface area contributed by atoms with Gasteiger partial charge in [-0.05, 0) is 45.1 Å². The summed E-state index contributed by atoms with van der Waals surface area (Å²) < 4.78 is 0. The zero-order valence-corrected chi connectivity index (χ0v) is 16.3. The average molecular weight is 370 g/mol. The number of piperidine rings is 1. The number of nitrogens with one attached hydrogen (secondary N) is 1. The van der Waals surface area contributed by atoms with Crippen LogP contribution in [0.5, 0.6) is 0 Å². The predicted molar refractivity (Wildman–Crippen MR) is 105 cm³/mol. The van der Waals surface area contributed by atoms with Crippen LogP contribution in [0.1, 0.15) is 45.1 Å². The molecule has 0 spiro atoms. The zero-order chi connectivity index (χ0) is 19.4. The fourth-order valence-corrected chi connectivity index (χ4v) is 4.21. The van der Waals surface area contributed by atoms with E-state index in [4.69, 9.17) is 0 Å². The summed E-state index contributed by atoms with van der Waals surface area (Å²) in [7, 11) is 0. The van der Waals surface area contributed by atoms with E-state index >= 15 is 0 Å². The summed E-state index contributed by atoms with van der Waals surface area (Å²) in [5, 5.41) is 12.7. The van der Waals surface area contributed by atoms with Crippen LogP contribution in [0.15, 0.2) is 41.5 Å². The number of carboxylic acids is 1. The Labute approximate surface area is 161 Å². The number of likely N-dealkylation sites (tertiary alicyclic amines) is 1. The number of hydrogen-bond acceptors (Lipinski definition) is 3. The summed E-state index contributed by atoms with van der Waals surface area (Å²) >= 11 is 0. The van der Waals surface area contributed by atoms with Crippen molar-refractivity contribution in [2.24, 2.45) is 11.8 Å². The fraction of sp³-hybridized carbons (Fsp3) is 0.545. The minimum atomic E-state index is -0.861. The summed E-state index contributed by atoms with van der Waals surface area (Å²) in [6.45, 7) is 6.82.